The highest BCUT2D eigenvalue weighted by Gasteiger charge is 2.29. The fraction of sp³-hybridized carbons (Fsp3) is 0.353. The van der Waals surface area contributed by atoms with Crippen LogP contribution in [0.4, 0.5) is 10.1 Å². The number of nitrogens with one attached hydrogen (secondary N) is 1. The molecule has 26 heavy (non-hydrogen) atoms. The van der Waals surface area contributed by atoms with Crippen molar-refractivity contribution in [2.75, 3.05) is 31.6 Å². The molecule has 1 aliphatic rings. The van der Waals surface area contributed by atoms with E-state index in [9.17, 15) is 17.6 Å². The summed E-state index contributed by atoms with van der Waals surface area (Å²) in [7, 11) is -4.01. The highest BCUT2D eigenvalue weighted by molar-refractivity contribution is 7.89. The second kappa shape index (κ2) is 7.18. The summed E-state index contributed by atoms with van der Waals surface area (Å²) in [6.07, 6.45) is 0. The predicted molar refractivity (Wildman–Crippen MR) is 92.1 cm³/mol. The number of ether oxygens (including phenoxy) is 1. The summed E-state index contributed by atoms with van der Waals surface area (Å²) in [6, 6.07) is 5.05. The van der Waals surface area contributed by atoms with Gasteiger partial charge in [0.2, 0.25) is 10.0 Å². The summed E-state index contributed by atoms with van der Waals surface area (Å²) in [5.74, 6) is -0.295. The van der Waals surface area contributed by atoms with Crippen LogP contribution in [0.3, 0.4) is 0 Å². The third-order valence-electron chi connectivity index (χ3n) is 4.06. The number of aryl methyl sites for hydroxylation is 2. The van der Waals surface area contributed by atoms with E-state index >= 15 is 0 Å². The van der Waals surface area contributed by atoms with E-state index in [1.54, 1.807) is 19.9 Å². The molecule has 2 heterocycles. The van der Waals surface area contributed by atoms with Crippen molar-refractivity contribution in [3.8, 4) is 0 Å². The zero-order valence-corrected chi connectivity index (χ0v) is 15.2. The third-order valence-corrected chi connectivity index (χ3v) is 5.98. The van der Waals surface area contributed by atoms with E-state index in [1.807, 2.05) is 0 Å². The van der Waals surface area contributed by atoms with Gasteiger partial charge in [-0.1, -0.05) is 0 Å². The quantitative estimate of drug-likeness (QED) is 0.877. The number of hydrogen-bond acceptors (Lipinski definition) is 5. The molecule has 0 aliphatic carbocycles. The molecule has 1 N–H and O–H groups in total. The smallest absolute Gasteiger partial charge is 0.259 e. The third kappa shape index (κ3) is 3.64. The number of halogens is 1. The SMILES string of the molecule is Cc1cc(C(=O)Nc2ccc(F)c(S(=O)(=O)N3CCOCC3)c2)c(C)o1. The molecule has 7 nitrogen and oxygen atoms in total. The van der Waals surface area contributed by atoms with Gasteiger partial charge < -0.3 is 14.5 Å². The minimum atomic E-state index is -4.01. The Labute approximate surface area is 150 Å². The van der Waals surface area contributed by atoms with Crippen LogP contribution in [-0.2, 0) is 14.8 Å². The van der Waals surface area contributed by atoms with Gasteiger partial charge in [0.15, 0.2) is 0 Å². The average Bonchev–Trinajstić information content (AvgIpc) is 2.95. The Morgan fingerprint density at radius 2 is 1.88 bits per heavy atom. The maximum atomic E-state index is 14.2. The van der Waals surface area contributed by atoms with Gasteiger partial charge in [-0.15, -0.1) is 0 Å². The summed E-state index contributed by atoms with van der Waals surface area (Å²) < 4.78 is 51.2. The van der Waals surface area contributed by atoms with Crippen molar-refractivity contribution in [2.45, 2.75) is 18.7 Å². The monoisotopic (exact) mass is 382 g/mol. The van der Waals surface area contributed by atoms with Crippen LogP contribution in [0.1, 0.15) is 21.9 Å². The summed E-state index contributed by atoms with van der Waals surface area (Å²) in [5.41, 5.74) is 0.519. The molecule has 0 radical (unpaired) electrons. The molecule has 1 aliphatic heterocycles. The predicted octanol–water partition coefficient (Wildman–Crippen LogP) is 2.31. The Morgan fingerprint density at radius 3 is 2.50 bits per heavy atom. The lowest BCUT2D eigenvalue weighted by Gasteiger charge is -2.26. The van der Waals surface area contributed by atoms with Gasteiger partial charge in [-0.2, -0.15) is 4.31 Å². The highest BCUT2D eigenvalue weighted by atomic mass is 32.2. The Hall–Kier alpha value is -2.23. The number of morpholine rings is 1. The fourth-order valence-corrected chi connectivity index (χ4v) is 4.26. The molecule has 0 bridgehead atoms. The molecule has 0 unspecified atom stereocenters. The largest absolute Gasteiger partial charge is 0.466 e. The van der Waals surface area contributed by atoms with Crippen LogP contribution in [-0.4, -0.2) is 44.9 Å². The van der Waals surface area contributed by atoms with E-state index in [1.165, 1.54) is 10.4 Å². The lowest BCUT2D eigenvalue weighted by molar-refractivity contribution is 0.0729. The van der Waals surface area contributed by atoms with Crippen LogP contribution < -0.4 is 5.32 Å². The van der Waals surface area contributed by atoms with Crippen molar-refractivity contribution in [1.29, 1.82) is 0 Å². The normalized spacial score (nSPS) is 15.8. The lowest BCUT2D eigenvalue weighted by atomic mass is 10.2. The average molecular weight is 382 g/mol. The van der Waals surface area contributed by atoms with Gasteiger partial charge in [0.1, 0.15) is 22.2 Å². The van der Waals surface area contributed by atoms with Crippen LogP contribution in [0.2, 0.25) is 0 Å². The lowest BCUT2D eigenvalue weighted by Crippen LogP contribution is -2.40. The number of carbonyl (C=O) groups is 1. The van der Waals surface area contributed by atoms with Crippen molar-refractivity contribution in [3.63, 3.8) is 0 Å². The molecule has 9 heteroatoms. The van der Waals surface area contributed by atoms with Crippen LogP contribution >= 0.6 is 0 Å². The Bertz CT molecular complexity index is 933. The second-order valence-corrected chi connectivity index (χ2v) is 7.85. The molecule has 1 aromatic carbocycles. The van der Waals surface area contributed by atoms with E-state index in [0.717, 1.165) is 12.1 Å². The van der Waals surface area contributed by atoms with E-state index < -0.39 is 26.6 Å². The number of nitrogens with zero attached hydrogens (tertiary/aromatic N) is 1. The molecule has 2 aromatic rings. The van der Waals surface area contributed by atoms with Crippen LogP contribution in [0.25, 0.3) is 0 Å². The zero-order valence-electron chi connectivity index (χ0n) is 14.4. The molecule has 1 fully saturated rings. The van der Waals surface area contributed by atoms with Crippen LogP contribution in [0.15, 0.2) is 33.6 Å². The van der Waals surface area contributed by atoms with Crippen molar-refractivity contribution in [1.82, 2.24) is 4.31 Å². The second-order valence-electron chi connectivity index (χ2n) is 5.94. The first-order chi connectivity index (χ1) is 12.3. The fourth-order valence-electron chi connectivity index (χ4n) is 2.76. The molecule has 1 amide bonds. The maximum Gasteiger partial charge on any atom is 0.259 e. The molecule has 0 atom stereocenters. The minimum Gasteiger partial charge on any atom is -0.466 e. The summed E-state index contributed by atoms with van der Waals surface area (Å²) in [6.45, 7) is 4.21. The highest BCUT2D eigenvalue weighted by Crippen LogP contribution is 2.24. The van der Waals surface area contributed by atoms with E-state index in [2.05, 4.69) is 5.32 Å². The standard InChI is InChI=1S/C17H19FN2O5S/c1-11-9-14(12(2)25-11)17(21)19-13-3-4-15(18)16(10-13)26(22,23)20-5-7-24-8-6-20/h3-4,9-10H,5-8H2,1-2H3,(H,19,21). The van der Waals surface area contributed by atoms with E-state index in [4.69, 9.17) is 9.15 Å². The van der Waals surface area contributed by atoms with Crippen LogP contribution in [0.5, 0.6) is 0 Å². The number of sulfonamides is 1. The molecule has 3 rings (SSSR count). The maximum absolute atomic E-state index is 14.2. The Balaban J connectivity index is 1.88. The van der Waals surface area contributed by atoms with E-state index in [0.29, 0.717) is 17.1 Å². The number of rotatable bonds is 4. The van der Waals surface area contributed by atoms with Crippen molar-refractivity contribution >= 4 is 21.6 Å². The van der Waals surface area contributed by atoms with Gasteiger partial charge in [0.25, 0.3) is 5.91 Å². The van der Waals surface area contributed by atoms with Gasteiger partial charge in [-0.05, 0) is 38.1 Å². The molecular weight excluding hydrogens is 363 g/mol. The summed E-state index contributed by atoms with van der Waals surface area (Å²) >= 11 is 0. The summed E-state index contributed by atoms with van der Waals surface area (Å²) in [4.78, 5) is 11.9. The van der Waals surface area contributed by atoms with Gasteiger partial charge in [0.05, 0.1) is 18.8 Å². The Kier molecular flexibility index (Phi) is 5.12. The van der Waals surface area contributed by atoms with Crippen molar-refractivity contribution in [2.24, 2.45) is 0 Å². The number of hydrogen-bond donors (Lipinski definition) is 1. The topological polar surface area (TPSA) is 88.9 Å². The van der Waals surface area contributed by atoms with Gasteiger partial charge in [0, 0.05) is 18.8 Å². The molecule has 0 saturated carbocycles. The molecular formula is C17H19FN2O5S. The molecule has 140 valence electrons. The van der Waals surface area contributed by atoms with Crippen LogP contribution in [0, 0.1) is 19.7 Å². The zero-order chi connectivity index (χ0) is 18.9. The summed E-state index contributed by atoms with van der Waals surface area (Å²) in [5, 5.41) is 2.58. The molecule has 1 aromatic heterocycles. The number of anilines is 1. The number of benzene rings is 1. The Morgan fingerprint density at radius 1 is 1.19 bits per heavy atom. The first kappa shape index (κ1) is 18.6. The first-order valence-corrected chi connectivity index (χ1v) is 9.49. The van der Waals surface area contributed by atoms with E-state index in [-0.39, 0.29) is 32.0 Å². The minimum absolute atomic E-state index is 0.159. The first-order valence-electron chi connectivity index (χ1n) is 8.05. The van der Waals surface area contributed by atoms with Gasteiger partial charge in [-0.25, -0.2) is 12.8 Å². The van der Waals surface area contributed by atoms with Crippen molar-refractivity contribution < 1.29 is 26.8 Å². The number of carbonyl (C=O) groups excluding carboxylic acids is 1. The number of amides is 1. The molecule has 1 saturated heterocycles. The van der Waals surface area contributed by atoms with Crippen molar-refractivity contribution in [3.05, 3.63) is 47.2 Å². The molecule has 0 spiro atoms. The van der Waals surface area contributed by atoms with Gasteiger partial charge in [-0.3, -0.25) is 4.79 Å². The van der Waals surface area contributed by atoms with Gasteiger partial charge >= 0.3 is 0 Å². The number of furan rings is 1.